The largest absolute Gasteiger partial charge is 0.457 e. The van der Waals surface area contributed by atoms with Gasteiger partial charge in [0.25, 0.3) is 0 Å². The summed E-state index contributed by atoms with van der Waals surface area (Å²) in [6.07, 6.45) is -0.119. The molecule has 1 aliphatic heterocycles. The smallest absolute Gasteiger partial charge is 0.414 e. The maximum absolute atomic E-state index is 13.3. The minimum atomic E-state index is -0.973. The molecule has 6 rings (SSSR count). The van der Waals surface area contributed by atoms with Crippen molar-refractivity contribution >= 4 is 28.6 Å². The second-order valence-corrected chi connectivity index (χ2v) is 10.9. The highest BCUT2D eigenvalue weighted by Crippen LogP contribution is 2.42. The molecule has 2 aromatic heterocycles. The first-order chi connectivity index (χ1) is 19.7. The lowest BCUT2D eigenvalue weighted by Gasteiger charge is -2.38. The van der Waals surface area contributed by atoms with Crippen LogP contribution in [-0.2, 0) is 4.74 Å². The summed E-state index contributed by atoms with van der Waals surface area (Å²) in [7, 11) is 0. The van der Waals surface area contributed by atoms with Crippen molar-refractivity contribution in [1.82, 2.24) is 19.7 Å². The molecule has 208 valence electrons. The van der Waals surface area contributed by atoms with Gasteiger partial charge in [-0.2, -0.15) is 5.10 Å². The molecule has 3 N–H and O–H groups in total. The Labute approximate surface area is 237 Å². The van der Waals surface area contributed by atoms with E-state index in [0.717, 1.165) is 11.3 Å². The standard InChI is InChI=1S/C31H30N6O4/c1-31(2,3)41-30(39)36-17-24(27(38)22-11-7-8-12-23(22)36)37-29-25(28(32)33-18-34-29)26(35-37)19-13-15-21(16-14-19)40-20-9-5-4-6-10-20/h4-16,18,24,27,38H,17H2,1-3H3,(H2,32,33,34). The van der Waals surface area contributed by atoms with Crippen LogP contribution in [0.2, 0.25) is 0 Å². The highest BCUT2D eigenvalue weighted by molar-refractivity contribution is 5.98. The van der Waals surface area contributed by atoms with Gasteiger partial charge in [-0.1, -0.05) is 36.4 Å². The number of aliphatic hydroxyl groups excluding tert-OH is 1. The van der Waals surface area contributed by atoms with E-state index in [0.29, 0.717) is 33.7 Å². The molecule has 1 aliphatic rings. The Kier molecular flexibility index (Phi) is 6.55. The van der Waals surface area contributed by atoms with Crippen LogP contribution in [0.1, 0.15) is 38.5 Å². The van der Waals surface area contributed by atoms with Crippen LogP contribution >= 0.6 is 0 Å². The zero-order valence-electron chi connectivity index (χ0n) is 22.9. The van der Waals surface area contributed by atoms with Crippen LogP contribution in [0, 0.1) is 0 Å². The number of ether oxygens (including phenoxy) is 2. The first-order valence-corrected chi connectivity index (χ1v) is 13.3. The summed E-state index contributed by atoms with van der Waals surface area (Å²) in [5.41, 5.74) is 8.60. The molecule has 10 heteroatoms. The van der Waals surface area contributed by atoms with Crippen molar-refractivity contribution in [3.8, 4) is 22.8 Å². The average Bonchev–Trinajstić information content (AvgIpc) is 3.34. The summed E-state index contributed by atoms with van der Waals surface area (Å²) < 4.78 is 13.3. The van der Waals surface area contributed by atoms with Crippen molar-refractivity contribution in [1.29, 1.82) is 0 Å². The molecule has 0 bridgehead atoms. The van der Waals surface area contributed by atoms with E-state index in [-0.39, 0.29) is 12.4 Å². The molecule has 3 heterocycles. The van der Waals surface area contributed by atoms with E-state index in [1.807, 2.05) is 87.5 Å². The number of hydrogen-bond acceptors (Lipinski definition) is 8. The van der Waals surface area contributed by atoms with Crippen LogP contribution in [0.5, 0.6) is 11.5 Å². The number of fused-ring (bicyclic) bond motifs is 2. The minimum Gasteiger partial charge on any atom is -0.457 e. The maximum atomic E-state index is 13.3. The quantitative estimate of drug-likeness (QED) is 0.283. The summed E-state index contributed by atoms with van der Waals surface area (Å²) in [6.45, 7) is 5.56. The normalized spacial score (nSPS) is 16.8. The number of benzene rings is 3. The number of carbonyl (C=O) groups is 1. The van der Waals surface area contributed by atoms with Crippen molar-refractivity contribution in [3.05, 3.63) is 90.8 Å². The fourth-order valence-electron chi connectivity index (χ4n) is 5.01. The number of aromatic nitrogens is 4. The van der Waals surface area contributed by atoms with Gasteiger partial charge in [-0.05, 0) is 63.2 Å². The van der Waals surface area contributed by atoms with Crippen molar-refractivity contribution in [3.63, 3.8) is 0 Å². The molecule has 0 aliphatic carbocycles. The topological polar surface area (TPSA) is 129 Å². The van der Waals surface area contributed by atoms with E-state index < -0.39 is 23.8 Å². The number of carbonyl (C=O) groups excluding carboxylic acids is 1. The number of aliphatic hydroxyl groups is 1. The third-order valence-electron chi connectivity index (χ3n) is 6.83. The second-order valence-electron chi connectivity index (χ2n) is 10.9. The molecule has 41 heavy (non-hydrogen) atoms. The molecule has 2 atom stereocenters. The molecule has 1 amide bonds. The van der Waals surface area contributed by atoms with Crippen LogP contribution in [-0.4, -0.2) is 43.1 Å². The second kappa shape index (κ2) is 10.2. The molecule has 0 saturated heterocycles. The zero-order chi connectivity index (χ0) is 28.7. The Balaban J connectivity index is 1.41. The van der Waals surface area contributed by atoms with Crippen molar-refractivity contribution in [2.45, 2.75) is 38.5 Å². The van der Waals surface area contributed by atoms with Gasteiger partial charge in [-0.15, -0.1) is 0 Å². The van der Waals surface area contributed by atoms with Gasteiger partial charge in [0.15, 0.2) is 5.65 Å². The first kappa shape index (κ1) is 26.3. The summed E-state index contributed by atoms with van der Waals surface area (Å²) in [6, 6.07) is 23.6. The third kappa shape index (κ3) is 5.05. The Morgan fingerprint density at radius 1 is 0.951 bits per heavy atom. The van der Waals surface area contributed by atoms with Gasteiger partial charge in [0.1, 0.15) is 47.1 Å². The van der Waals surface area contributed by atoms with Gasteiger partial charge in [0.05, 0.1) is 17.6 Å². The summed E-state index contributed by atoms with van der Waals surface area (Å²) in [5, 5.41) is 17.0. The lowest BCUT2D eigenvalue weighted by molar-refractivity contribution is 0.0529. The van der Waals surface area contributed by atoms with Crippen LogP contribution < -0.4 is 15.4 Å². The Bertz CT molecular complexity index is 1710. The number of anilines is 2. The predicted molar refractivity (Wildman–Crippen MR) is 156 cm³/mol. The lowest BCUT2D eigenvalue weighted by atomic mass is 9.95. The van der Waals surface area contributed by atoms with E-state index in [4.69, 9.17) is 20.3 Å². The monoisotopic (exact) mass is 550 g/mol. The first-order valence-electron chi connectivity index (χ1n) is 13.3. The molecule has 2 unspecified atom stereocenters. The maximum Gasteiger partial charge on any atom is 0.414 e. The Hall–Kier alpha value is -4.96. The molecule has 0 spiro atoms. The van der Waals surface area contributed by atoms with Crippen molar-refractivity contribution in [2.24, 2.45) is 0 Å². The number of nitrogen functional groups attached to an aromatic ring is 1. The van der Waals surface area contributed by atoms with E-state index >= 15 is 0 Å². The number of hydrogen-bond donors (Lipinski definition) is 2. The van der Waals surface area contributed by atoms with Crippen LogP contribution in [0.15, 0.2) is 85.2 Å². The molecular weight excluding hydrogens is 520 g/mol. The van der Waals surface area contributed by atoms with Gasteiger partial charge in [-0.25, -0.2) is 19.4 Å². The number of nitrogens with two attached hydrogens (primary N) is 1. The number of para-hydroxylation sites is 2. The van der Waals surface area contributed by atoms with E-state index in [9.17, 15) is 9.90 Å². The van der Waals surface area contributed by atoms with Gasteiger partial charge < -0.3 is 20.3 Å². The third-order valence-corrected chi connectivity index (χ3v) is 6.83. The summed E-state index contributed by atoms with van der Waals surface area (Å²) in [4.78, 5) is 23.5. The number of nitrogens with zero attached hydrogens (tertiary/aromatic N) is 5. The fraction of sp³-hybridized carbons (Fsp3) is 0.226. The zero-order valence-corrected chi connectivity index (χ0v) is 22.9. The molecule has 0 saturated carbocycles. The van der Waals surface area contributed by atoms with Gasteiger partial charge in [0.2, 0.25) is 0 Å². The molecule has 3 aromatic carbocycles. The van der Waals surface area contributed by atoms with Crippen LogP contribution in [0.25, 0.3) is 22.3 Å². The van der Waals surface area contributed by atoms with Crippen molar-refractivity contribution < 1.29 is 19.4 Å². The highest BCUT2D eigenvalue weighted by atomic mass is 16.6. The Morgan fingerprint density at radius 2 is 1.63 bits per heavy atom. The highest BCUT2D eigenvalue weighted by Gasteiger charge is 2.39. The molecular formula is C31H30N6O4. The van der Waals surface area contributed by atoms with Crippen LogP contribution in [0.3, 0.4) is 0 Å². The van der Waals surface area contributed by atoms with Gasteiger partial charge in [-0.3, -0.25) is 4.90 Å². The Morgan fingerprint density at radius 3 is 2.37 bits per heavy atom. The molecule has 0 radical (unpaired) electrons. The molecule has 10 nitrogen and oxygen atoms in total. The van der Waals surface area contributed by atoms with Crippen LogP contribution in [0.4, 0.5) is 16.3 Å². The lowest BCUT2D eigenvalue weighted by Crippen LogP contribution is -2.45. The van der Waals surface area contributed by atoms with E-state index in [2.05, 4.69) is 9.97 Å². The van der Waals surface area contributed by atoms with E-state index in [1.54, 1.807) is 16.8 Å². The van der Waals surface area contributed by atoms with Gasteiger partial charge in [0, 0.05) is 11.1 Å². The minimum absolute atomic E-state index is 0.108. The summed E-state index contributed by atoms with van der Waals surface area (Å²) >= 11 is 0. The average molecular weight is 551 g/mol. The molecule has 0 fully saturated rings. The summed E-state index contributed by atoms with van der Waals surface area (Å²) in [5.74, 6) is 1.66. The number of amides is 1. The number of rotatable bonds is 4. The fourth-order valence-corrected chi connectivity index (χ4v) is 5.01. The SMILES string of the molecule is CC(C)(C)OC(=O)N1CC(n2nc(-c3ccc(Oc4ccccc4)cc3)c3c(N)ncnc32)C(O)c2ccccc21. The predicted octanol–water partition coefficient (Wildman–Crippen LogP) is 5.90. The van der Waals surface area contributed by atoms with Crippen molar-refractivity contribution in [2.75, 3.05) is 17.2 Å². The van der Waals surface area contributed by atoms with Gasteiger partial charge >= 0.3 is 6.09 Å². The van der Waals surface area contributed by atoms with E-state index in [1.165, 1.54) is 11.2 Å². The molecule has 5 aromatic rings.